The minimum atomic E-state index is -0.944. The molecule has 0 rings (SSSR count). The Morgan fingerprint density at radius 1 is 1.50 bits per heavy atom. The van der Waals surface area contributed by atoms with Crippen LogP contribution in [0.25, 0.3) is 0 Å². The molecule has 0 aliphatic carbocycles. The molecule has 0 saturated carbocycles. The second-order valence-electron chi connectivity index (χ2n) is 4.08. The molecule has 0 unspecified atom stereocenters. The lowest BCUT2D eigenvalue weighted by Crippen LogP contribution is -2.30. The number of carbonyl (C=O) groups is 1. The molecule has 3 heteroatoms. The van der Waals surface area contributed by atoms with Gasteiger partial charge in [0.15, 0.2) is 0 Å². The predicted molar refractivity (Wildman–Crippen MR) is 56.0 cm³/mol. The van der Waals surface area contributed by atoms with Gasteiger partial charge in [-0.1, -0.05) is 6.92 Å². The Balaban J connectivity index is 4.60. The highest BCUT2D eigenvalue weighted by Gasteiger charge is 2.34. The Kier molecular flexibility index (Phi) is 4.68. The molecule has 1 N–H and O–H groups in total. The molecular weight excluding hydrogens is 180 g/mol. The Morgan fingerprint density at radius 3 is 2.36 bits per heavy atom. The molecule has 0 radical (unpaired) electrons. The van der Waals surface area contributed by atoms with E-state index in [9.17, 15) is 9.90 Å². The molecule has 0 aliphatic rings. The third-order valence-corrected chi connectivity index (χ3v) is 1.89. The van der Waals surface area contributed by atoms with Crippen molar-refractivity contribution in [2.75, 3.05) is 0 Å². The summed E-state index contributed by atoms with van der Waals surface area (Å²) in [5, 5.41) is 9.62. The molecule has 0 spiro atoms. The lowest BCUT2D eigenvalue weighted by Gasteiger charge is -2.23. The van der Waals surface area contributed by atoms with Crippen molar-refractivity contribution in [1.82, 2.24) is 0 Å². The number of hydrogen-bond donors (Lipinski definition) is 1. The molecule has 0 fully saturated rings. The van der Waals surface area contributed by atoms with E-state index in [0.717, 1.165) is 0 Å². The van der Waals surface area contributed by atoms with Crippen molar-refractivity contribution in [3.8, 4) is 0 Å². The van der Waals surface area contributed by atoms with E-state index in [0.29, 0.717) is 6.42 Å². The van der Waals surface area contributed by atoms with Gasteiger partial charge in [0, 0.05) is 0 Å². The van der Waals surface area contributed by atoms with Crippen molar-refractivity contribution in [3.05, 3.63) is 11.8 Å². The number of allylic oxidation sites excluding steroid dienone is 1. The molecule has 0 atom stereocenters. The molecule has 14 heavy (non-hydrogen) atoms. The molecule has 82 valence electrons. The van der Waals surface area contributed by atoms with Crippen molar-refractivity contribution in [1.29, 1.82) is 0 Å². The first-order valence-corrected chi connectivity index (χ1v) is 4.93. The van der Waals surface area contributed by atoms with Crippen molar-refractivity contribution in [2.24, 2.45) is 5.41 Å². The van der Waals surface area contributed by atoms with Crippen molar-refractivity contribution < 1.29 is 14.6 Å². The van der Waals surface area contributed by atoms with E-state index < -0.39 is 11.4 Å². The van der Waals surface area contributed by atoms with Crippen LogP contribution in [-0.4, -0.2) is 17.2 Å². The summed E-state index contributed by atoms with van der Waals surface area (Å²) in [6.45, 7) is 8.78. The normalized spacial score (nSPS) is 13.1. The SMILES string of the molecule is CCC=C(O)C(C)(C)C(=O)OC(C)C. The molecule has 0 bridgehead atoms. The van der Waals surface area contributed by atoms with Crippen LogP contribution >= 0.6 is 0 Å². The van der Waals surface area contributed by atoms with Gasteiger partial charge in [-0.2, -0.15) is 0 Å². The average molecular weight is 200 g/mol. The summed E-state index contributed by atoms with van der Waals surface area (Å²) in [5.74, 6) is -0.319. The average Bonchev–Trinajstić information content (AvgIpc) is 2.03. The molecule has 0 aliphatic heterocycles. The van der Waals surface area contributed by atoms with E-state index in [1.165, 1.54) is 0 Å². The number of aliphatic hydroxyl groups is 1. The van der Waals surface area contributed by atoms with Gasteiger partial charge in [0.25, 0.3) is 0 Å². The third-order valence-electron chi connectivity index (χ3n) is 1.89. The van der Waals surface area contributed by atoms with Crippen LogP contribution in [0.3, 0.4) is 0 Å². The molecule has 0 aromatic carbocycles. The van der Waals surface area contributed by atoms with Crippen LogP contribution < -0.4 is 0 Å². The lowest BCUT2D eigenvalue weighted by atomic mass is 9.90. The minimum absolute atomic E-state index is 0.0747. The lowest BCUT2D eigenvalue weighted by molar-refractivity contribution is -0.157. The molecule has 0 aromatic rings. The monoisotopic (exact) mass is 200 g/mol. The molecule has 3 nitrogen and oxygen atoms in total. The Morgan fingerprint density at radius 2 is 2.00 bits per heavy atom. The maximum absolute atomic E-state index is 11.6. The van der Waals surface area contributed by atoms with Crippen LogP contribution in [0.4, 0.5) is 0 Å². The topological polar surface area (TPSA) is 46.5 Å². The zero-order valence-corrected chi connectivity index (χ0v) is 9.63. The Hall–Kier alpha value is -0.990. The largest absolute Gasteiger partial charge is 0.511 e. The summed E-state index contributed by atoms with van der Waals surface area (Å²) in [6.07, 6.45) is 2.17. The second kappa shape index (κ2) is 5.03. The van der Waals surface area contributed by atoms with E-state index >= 15 is 0 Å². The maximum Gasteiger partial charge on any atom is 0.319 e. The van der Waals surface area contributed by atoms with Crippen molar-refractivity contribution in [2.45, 2.75) is 47.1 Å². The van der Waals surface area contributed by atoms with Crippen LogP contribution in [-0.2, 0) is 9.53 Å². The summed E-state index contributed by atoms with van der Waals surface area (Å²) >= 11 is 0. The van der Waals surface area contributed by atoms with Crippen LogP contribution in [0, 0.1) is 5.41 Å². The van der Waals surface area contributed by atoms with Gasteiger partial charge in [-0.25, -0.2) is 0 Å². The van der Waals surface area contributed by atoms with Gasteiger partial charge in [-0.3, -0.25) is 4.79 Å². The van der Waals surface area contributed by atoms with Gasteiger partial charge in [-0.05, 0) is 40.2 Å². The van der Waals surface area contributed by atoms with Gasteiger partial charge in [-0.15, -0.1) is 0 Å². The summed E-state index contributed by atoms with van der Waals surface area (Å²) in [5.41, 5.74) is -0.944. The molecule has 0 saturated heterocycles. The van der Waals surface area contributed by atoms with Gasteiger partial charge >= 0.3 is 5.97 Å². The van der Waals surface area contributed by atoms with Crippen LogP contribution in [0.5, 0.6) is 0 Å². The standard InChI is InChI=1S/C11H20O3/c1-6-7-9(12)11(4,5)10(13)14-8(2)3/h7-8,12H,6H2,1-5H3. The fraction of sp³-hybridized carbons (Fsp3) is 0.727. The van der Waals surface area contributed by atoms with Crippen molar-refractivity contribution >= 4 is 5.97 Å². The number of ether oxygens (including phenoxy) is 1. The van der Waals surface area contributed by atoms with Gasteiger partial charge in [0.2, 0.25) is 0 Å². The van der Waals surface area contributed by atoms with Crippen LogP contribution in [0.1, 0.15) is 41.0 Å². The molecule has 0 aromatic heterocycles. The quantitative estimate of drug-likeness (QED) is 0.560. The molecular formula is C11H20O3. The van der Waals surface area contributed by atoms with E-state index in [1.54, 1.807) is 33.8 Å². The maximum atomic E-state index is 11.6. The highest BCUT2D eigenvalue weighted by atomic mass is 16.5. The summed E-state index contributed by atoms with van der Waals surface area (Å²) < 4.78 is 5.04. The number of aliphatic hydroxyl groups excluding tert-OH is 1. The number of rotatable bonds is 4. The number of hydrogen-bond acceptors (Lipinski definition) is 3. The fourth-order valence-electron chi connectivity index (χ4n) is 0.914. The summed E-state index contributed by atoms with van der Waals surface area (Å²) in [6, 6.07) is 0. The van der Waals surface area contributed by atoms with E-state index in [2.05, 4.69) is 0 Å². The second-order valence-corrected chi connectivity index (χ2v) is 4.08. The van der Waals surface area contributed by atoms with Gasteiger partial charge < -0.3 is 9.84 Å². The highest BCUT2D eigenvalue weighted by molar-refractivity contribution is 5.79. The Bertz CT molecular complexity index is 227. The first kappa shape index (κ1) is 13.0. The smallest absolute Gasteiger partial charge is 0.319 e. The first-order valence-electron chi connectivity index (χ1n) is 4.93. The fourth-order valence-corrected chi connectivity index (χ4v) is 0.914. The summed E-state index contributed by atoms with van der Waals surface area (Å²) in [4.78, 5) is 11.6. The molecule has 0 heterocycles. The predicted octanol–water partition coefficient (Wildman–Crippen LogP) is 2.82. The number of esters is 1. The van der Waals surface area contributed by atoms with Crippen LogP contribution in [0.2, 0.25) is 0 Å². The molecule has 0 amide bonds. The van der Waals surface area contributed by atoms with Crippen molar-refractivity contribution in [3.63, 3.8) is 0 Å². The zero-order valence-electron chi connectivity index (χ0n) is 9.63. The van der Waals surface area contributed by atoms with Gasteiger partial charge in [0.1, 0.15) is 11.2 Å². The van der Waals surface area contributed by atoms with E-state index in [1.807, 2.05) is 6.92 Å². The third kappa shape index (κ3) is 3.40. The van der Waals surface area contributed by atoms with Gasteiger partial charge in [0.05, 0.1) is 6.10 Å². The highest BCUT2D eigenvalue weighted by Crippen LogP contribution is 2.26. The zero-order chi connectivity index (χ0) is 11.4. The minimum Gasteiger partial charge on any atom is -0.511 e. The van der Waals surface area contributed by atoms with E-state index in [4.69, 9.17) is 4.74 Å². The number of carbonyl (C=O) groups excluding carboxylic acids is 1. The first-order chi connectivity index (χ1) is 6.32. The van der Waals surface area contributed by atoms with Crippen LogP contribution in [0.15, 0.2) is 11.8 Å². The summed E-state index contributed by atoms with van der Waals surface area (Å²) in [7, 11) is 0. The van der Waals surface area contributed by atoms with E-state index in [-0.39, 0.29) is 11.9 Å². The Labute approximate surface area is 85.8 Å².